The Labute approximate surface area is 138 Å². The zero-order chi connectivity index (χ0) is 16.6. The zero-order valence-electron chi connectivity index (χ0n) is 13.6. The molecule has 2 unspecified atom stereocenters. The van der Waals surface area contributed by atoms with E-state index in [2.05, 4.69) is 13.5 Å². The van der Waals surface area contributed by atoms with E-state index >= 15 is 0 Å². The Morgan fingerprint density at radius 2 is 1.83 bits per heavy atom. The van der Waals surface area contributed by atoms with Gasteiger partial charge in [0, 0.05) is 11.3 Å². The maximum absolute atomic E-state index is 10.9. The summed E-state index contributed by atoms with van der Waals surface area (Å²) in [4.78, 5) is 0. The molecule has 23 heavy (non-hydrogen) atoms. The fourth-order valence-corrected chi connectivity index (χ4v) is 6.97. The molecule has 4 fully saturated rings. The molecule has 4 nitrogen and oxygen atoms in total. The van der Waals surface area contributed by atoms with Crippen molar-refractivity contribution in [3.63, 3.8) is 0 Å². The highest BCUT2D eigenvalue weighted by molar-refractivity contribution is 5.28. The Kier molecular flexibility index (Phi) is 3.52. The Morgan fingerprint density at radius 3 is 2.52 bits per heavy atom. The highest BCUT2D eigenvalue weighted by atomic mass is 16.5. The van der Waals surface area contributed by atoms with Crippen LogP contribution in [0.15, 0.2) is 12.2 Å². The van der Waals surface area contributed by atoms with Crippen LogP contribution < -0.4 is 0 Å². The molecule has 1 spiro atoms. The number of hydrogen-bond donors (Lipinski definition) is 4. The Hall–Kier alpha value is -0.420. The van der Waals surface area contributed by atoms with Crippen LogP contribution in [0.5, 0.6) is 0 Å². The predicted molar refractivity (Wildman–Crippen MR) is 84.8 cm³/mol. The van der Waals surface area contributed by atoms with E-state index in [1.165, 1.54) is 0 Å². The maximum Gasteiger partial charge on any atom is 0.221 e. The van der Waals surface area contributed by atoms with Gasteiger partial charge in [-0.15, -0.1) is 0 Å². The molecule has 4 saturated carbocycles. The molecule has 8 atom stereocenters. The third-order valence-electron chi connectivity index (χ3n) is 7.86. The van der Waals surface area contributed by atoms with Crippen LogP contribution >= 0.6 is 0 Å². The van der Waals surface area contributed by atoms with E-state index in [4.69, 9.17) is 0 Å². The largest absolute Gasteiger partial charge is 0.393 e. The minimum atomic E-state index is -0.558. The average Bonchev–Trinajstić information content (AvgIpc) is 2.66. The molecule has 4 N–H and O–H groups in total. The van der Waals surface area contributed by atoms with Gasteiger partial charge in [-0.1, -0.05) is 6.58 Å². The molecule has 2 radical (unpaired) electrons. The summed E-state index contributed by atoms with van der Waals surface area (Å²) < 4.78 is 0. The second-order valence-electron chi connectivity index (χ2n) is 8.68. The summed E-state index contributed by atoms with van der Waals surface area (Å²) in [7, 11) is 0. The Bertz CT molecular complexity index is 517. The lowest BCUT2D eigenvalue weighted by Gasteiger charge is -2.62. The molecule has 0 saturated heterocycles. The molecule has 4 aliphatic rings. The first-order valence-electron chi connectivity index (χ1n) is 8.94. The summed E-state index contributed by atoms with van der Waals surface area (Å²) in [6, 6.07) is 0. The van der Waals surface area contributed by atoms with Crippen LogP contribution in [0.1, 0.15) is 44.9 Å². The summed E-state index contributed by atoms with van der Waals surface area (Å²) in [6.45, 7) is 8.70. The number of rotatable bonds is 1. The van der Waals surface area contributed by atoms with Crippen LogP contribution in [0.3, 0.4) is 0 Å². The van der Waals surface area contributed by atoms with Crippen molar-refractivity contribution < 1.29 is 20.4 Å². The monoisotopic (exact) mass is 320 g/mol. The van der Waals surface area contributed by atoms with Crippen LogP contribution in [0, 0.1) is 47.7 Å². The normalized spacial score (nSPS) is 55.7. The average molecular weight is 320 g/mol. The molecule has 4 aliphatic carbocycles. The SMILES string of the molecule is [CH2][C@@]12C[C@H](O)C[C@@H]([C](O)O)C1CC[C@@]13C[C@@H](CCC21)C(=C)[C@@H]3O. The second-order valence-corrected chi connectivity index (χ2v) is 8.68. The number of hydrogen-bond acceptors (Lipinski definition) is 4. The lowest BCUT2D eigenvalue weighted by atomic mass is 9.43. The topological polar surface area (TPSA) is 80.9 Å². The fourth-order valence-electron chi connectivity index (χ4n) is 6.97. The van der Waals surface area contributed by atoms with Gasteiger partial charge in [0.05, 0.1) is 12.2 Å². The molecule has 0 aromatic carbocycles. The van der Waals surface area contributed by atoms with Crippen LogP contribution in [-0.4, -0.2) is 32.6 Å². The van der Waals surface area contributed by atoms with Crippen molar-refractivity contribution in [2.75, 3.05) is 0 Å². The second kappa shape index (κ2) is 5.04. The molecular formula is C19H28O4. The van der Waals surface area contributed by atoms with Crippen LogP contribution in [0.2, 0.25) is 0 Å². The summed E-state index contributed by atoms with van der Waals surface area (Å²) in [6.07, 6.45) is 4.16. The third-order valence-corrected chi connectivity index (χ3v) is 7.86. The molecule has 0 heterocycles. The van der Waals surface area contributed by atoms with Gasteiger partial charge in [-0.25, -0.2) is 0 Å². The molecule has 128 valence electrons. The lowest BCUT2D eigenvalue weighted by molar-refractivity contribution is -0.173. The lowest BCUT2D eigenvalue weighted by Crippen LogP contribution is -2.59. The van der Waals surface area contributed by atoms with Crippen LogP contribution in [0.25, 0.3) is 0 Å². The molecule has 4 rings (SSSR count). The van der Waals surface area contributed by atoms with E-state index in [1.54, 1.807) is 0 Å². The van der Waals surface area contributed by atoms with E-state index in [0.29, 0.717) is 18.8 Å². The number of aliphatic hydroxyl groups excluding tert-OH is 3. The fraction of sp³-hybridized carbons (Fsp3) is 0.789. The van der Waals surface area contributed by atoms with Gasteiger partial charge in [0.15, 0.2) is 0 Å². The first kappa shape index (κ1) is 16.1. The van der Waals surface area contributed by atoms with Crippen molar-refractivity contribution in [2.45, 2.75) is 57.2 Å². The molecule has 2 bridgehead atoms. The summed E-state index contributed by atoms with van der Waals surface area (Å²) in [5.74, 6) is 0.316. The van der Waals surface area contributed by atoms with E-state index < -0.39 is 29.8 Å². The number of aliphatic hydroxyl groups is 4. The molecule has 0 aliphatic heterocycles. The van der Waals surface area contributed by atoms with Crippen molar-refractivity contribution in [3.05, 3.63) is 25.4 Å². The van der Waals surface area contributed by atoms with Gasteiger partial charge in [-0.05, 0) is 80.6 Å². The van der Waals surface area contributed by atoms with Gasteiger partial charge in [-0.3, -0.25) is 0 Å². The van der Waals surface area contributed by atoms with Gasteiger partial charge in [0.25, 0.3) is 0 Å². The van der Waals surface area contributed by atoms with Crippen molar-refractivity contribution in [1.82, 2.24) is 0 Å². The van der Waals surface area contributed by atoms with Gasteiger partial charge in [-0.2, -0.15) is 0 Å². The summed E-state index contributed by atoms with van der Waals surface area (Å²) in [5, 5.41) is 40.7. The highest BCUT2D eigenvalue weighted by Gasteiger charge is 2.66. The Balaban J connectivity index is 1.75. The highest BCUT2D eigenvalue weighted by Crippen LogP contribution is 2.70. The standard InChI is InChI=1S/C19H28O4/c1-10-11-3-4-15-18(2)9-12(20)7-13(17(22)23)14(18)5-6-19(15,8-11)16(10)21/h11-16,20-23H,1-9H2/t11-,12-,13-,14?,15?,16+,18-,19-/m1/s1. The quantitative estimate of drug-likeness (QED) is 0.560. The van der Waals surface area contributed by atoms with Gasteiger partial charge in [0.2, 0.25) is 6.29 Å². The van der Waals surface area contributed by atoms with E-state index in [0.717, 1.165) is 37.7 Å². The first-order valence-corrected chi connectivity index (χ1v) is 8.94. The molecular weight excluding hydrogens is 292 g/mol. The summed E-state index contributed by atoms with van der Waals surface area (Å²) in [5.41, 5.74) is 0.428. The van der Waals surface area contributed by atoms with Crippen LogP contribution in [0.4, 0.5) is 0 Å². The van der Waals surface area contributed by atoms with E-state index in [9.17, 15) is 20.4 Å². The van der Waals surface area contributed by atoms with Crippen molar-refractivity contribution in [1.29, 1.82) is 0 Å². The molecule has 4 heteroatoms. The smallest absolute Gasteiger partial charge is 0.221 e. The zero-order valence-corrected chi connectivity index (χ0v) is 13.6. The minimum absolute atomic E-state index is 0.0733. The van der Waals surface area contributed by atoms with Gasteiger partial charge in [0.1, 0.15) is 0 Å². The molecule has 0 aromatic rings. The Morgan fingerprint density at radius 1 is 1.09 bits per heavy atom. The van der Waals surface area contributed by atoms with Crippen molar-refractivity contribution in [2.24, 2.45) is 34.5 Å². The first-order chi connectivity index (χ1) is 10.8. The van der Waals surface area contributed by atoms with Crippen LogP contribution in [-0.2, 0) is 0 Å². The predicted octanol–water partition coefficient (Wildman–Crippen LogP) is 2.56. The third kappa shape index (κ3) is 1.98. The summed E-state index contributed by atoms with van der Waals surface area (Å²) >= 11 is 0. The minimum Gasteiger partial charge on any atom is -0.393 e. The van der Waals surface area contributed by atoms with E-state index in [1.807, 2.05) is 0 Å². The molecule has 0 aromatic heterocycles. The molecule has 0 amide bonds. The van der Waals surface area contributed by atoms with Crippen molar-refractivity contribution >= 4 is 0 Å². The van der Waals surface area contributed by atoms with E-state index in [-0.39, 0.29) is 17.3 Å². The van der Waals surface area contributed by atoms with Crippen molar-refractivity contribution in [3.8, 4) is 0 Å². The van der Waals surface area contributed by atoms with Gasteiger partial charge < -0.3 is 20.4 Å². The number of fused-ring (bicyclic) bond motifs is 3. The van der Waals surface area contributed by atoms with Gasteiger partial charge >= 0.3 is 0 Å². The maximum atomic E-state index is 10.9.